The standard InChI is InChI=1S/C20H26ClNO2/c1-13-17(9-6-10-18(13)21)14-11-15-7-5-8-16(12-14)22(15)19(23)24-20(2,3)4/h6,9-11,15-16H,5,7-8,12H2,1-4H3. The average Bonchev–Trinajstić information content (AvgIpc) is 2.47. The Hall–Kier alpha value is -1.48. The molecule has 1 amide bonds. The van der Waals surface area contributed by atoms with E-state index in [4.69, 9.17) is 16.3 Å². The van der Waals surface area contributed by atoms with Gasteiger partial charge in [-0.3, -0.25) is 4.90 Å². The fourth-order valence-electron chi connectivity index (χ4n) is 3.78. The third-order valence-corrected chi connectivity index (χ3v) is 5.26. The van der Waals surface area contributed by atoms with Crippen LogP contribution < -0.4 is 0 Å². The summed E-state index contributed by atoms with van der Waals surface area (Å²) in [6.45, 7) is 7.82. The molecule has 1 aromatic carbocycles. The van der Waals surface area contributed by atoms with Gasteiger partial charge in [0.1, 0.15) is 5.60 Å². The van der Waals surface area contributed by atoms with Crippen molar-refractivity contribution in [1.29, 1.82) is 0 Å². The second kappa shape index (κ2) is 6.44. The van der Waals surface area contributed by atoms with E-state index in [0.29, 0.717) is 0 Å². The topological polar surface area (TPSA) is 29.5 Å². The molecule has 0 aliphatic carbocycles. The molecule has 1 fully saturated rings. The van der Waals surface area contributed by atoms with Crippen LogP contribution in [-0.4, -0.2) is 28.7 Å². The van der Waals surface area contributed by atoms with Crippen molar-refractivity contribution in [2.24, 2.45) is 0 Å². The Kier molecular flexibility index (Phi) is 4.65. The summed E-state index contributed by atoms with van der Waals surface area (Å²) in [5.74, 6) is 0. The van der Waals surface area contributed by atoms with Gasteiger partial charge in [0.2, 0.25) is 0 Å². The molecule has 2 heterocycles. The van der Waals surface area contributed by atoms with Crippen molar-refractivity contribution in [2.45, 2.75) is 71.1 Å². The first-order valence-corrected chi connectivity index (χ1v) is 9.11. The maximum atomic E-state index is 12.6. The Bertz CT molecular complexity index is 675. The summed E-state index contributed by atoms with van der Waals surface area (Å²) < 4.78 is 5.63. The monoisotopic (exact) mass is 347 g/mol. The highest BCUT2D eigenvalue weighted by atomic mass is 35.5. The molecule has 0 radical (unpaired) electrons. The first kappa shape index (κ1) is 17.3. The summed E-state index contributed by atoms with van der Waals surface area (Å²) >= 11 is 6.29. The van der Waals surface area contributed by atoms with Crippen molar-refractivity contribution in [3.63, 3.8) is 0 Å². The fraction of sp³-hybridized carbons (Fsp3) is 0.550. The number of fused-ring (bicyclic) bond motifs is 2. The van der Waals surface area contributed by atoms with Gasteiger partial charge in [-0.2, -0.15) is 0 Å². The zero-order chi connectivity index (χ0) is 17.5. The van der Waals surface area contributed by atoms with Crippen LogP contribution in [0.15, 0.2) is 24.3 Å². The van der Waals surface area contributed by atoms with Crippen molar-refractivity contribution in [3.8, 4) is 0 Å². The summed E-state index contributed by atoms with van der Waals surface area (Å²) in [4.78, 5) is 14.6. The Morgan fingerprint density at radius 2 is 2.04 bits per heavy atom. The first-order chi connectivity index (χ1) is 11.3. The molecule has 3 nitrogen and oxygen atoms in total. The van der Waals surface area contributed by atoms with Crippen LogP contribution in [0.3, 0.4) is 0 Å². The van der Waals surface area contributed by atoms with Gasteiger partial charge >= 0.3 is 6.09 Å². The van der Waals surface area contributed by atoms with E-state index in [1.807, 2.05) is 37.8 Å². The third-order valence-electron chi connectivity index (χ3n) is 4.85. The Morgan fingerprint density at radius 1 is 1.29 bits per heavy atom. The molecule has 2 aliphatic heterocycles. The van der Waals surface area contributed by atoms with E-state index in [2.05, 4.69) is 19.1 Å². The number of hydrogen-bond donors (Lipinski definition) is 0. The minimum absolute atomic E-state index is 0.126. The number of rotatable bonds is 1. The van der Waals surface area contributed by atoms with Crippen LogP contribution in [0, 0.1) is 6.92 Å². The van der Waals surface area contributed by atoms with E-state index >= 15 is 0 Å². The zero-order valence-electron chi connectivity index (χ0n) is 14.9. The van der Waals surface area contributed by atoms with Gasteiger partial charge in [-0.1, -0.05) is 29.8 Å². The van der Waals surface area contributed by atoms with Crippen molar-refractivity contribution in [3.05, 3.63) is 40.4 Å². The number of amides is 1. The predicted octanol–water partition coefficient (Wildman–Crippen LogP) is 5.59. The van der Waals surface area contributed by atoms with E-state index in [-0.39, 0.29) is 18.2 Å². The molecular formula is C20H26ClNO2. The molecule has 0 aromatic heterocycles. The van der Waals surface area contributed by atoms with Gasteiger partial charge in [-0.25, -0.2) is 4.79 Å². The van der Waals surface area contributed by atoms with E-state index < -0.39 is 5.60 Å². The maximum absolute atomic E-state index is 12.6. The summed E-state index contributed by atoms with van der Waals surface area (Å²) in [5, 5.41) is 0.799. The summed E-state index contributed by atoms with van der Waals surface area (Å²) in [6.07, 6.45) is 6.13. The third kappa shape index (κ3) is 3.46. The van der Waals surface area contributed by atoms with Gasteiger partial charge < -0.3 is 4.74 Å². The molecule has 130 valence electrons. The molecule has 2 unspecified atom stereocenters. The number of nitrogens with zero attached hydrogens (tertiary/aromatic N) is 1. The molecule has 0 N–H and O–H groups in total. The molecule has 24 heavy (non-hydrogen) atoms. The van der Waals surface area contributed by atoms with Gasteiger partial charge in [0.05, 0.1) is 6.04 Å². The molecule has 1 aromatic rings. The quantitative estimate of drug-likeness (QED) is 0.662. The maximum Gasteiger partial charge on any atom is 0.411 e. The Balaban J connectivity index is 1.90. The van der Waals surface area contributed by atoms with E-state index in [0.717, 1.165) is 36.3 Å². The lowest BCUT2D eigenvalue weighted by molar-refractivity contribution is 0.0000859. The second-order valence-electron chi connectivity index (χ2n) is 7.85. The van der Waals surface area contributed by atoms with Gasteiger partial charge in [0.25, 0.3) is 0 Å². The smallest absolute Gasteiger partial charge is 0.411 e. The number of carbonyl (C=O) groups is 1. The lowest BCUT2D eigenvalue weighted by Crippen LogP contribution is -2.53. The van der Waals surface area contributed by atoms with Crippen molar-refractivity contribution >= 4 is 23.3 Å². The van der Waals surface area contributed by atoms with Gasteiger partial charge in [-0.05, 0) is 76.1 Å². The highest BCUT2D eigenvalue weighted by Gasteiger charge is 2.39. The summed E-state index contributed by atoms with van der Waals surface area (Å²) in [7, 11) is 0. The van der Waals surface area contributed by atoms with E-state index in [9.17, 15) is 4.79 Å². The van der Waals surface area contributed by atoms with Gasteiger partial charge in [-0.15, -0.1) is 0 Å². The molecule has 2 aliphatic rings. The van der Waals surface area contributed by atoms with E-state index in [1.54, 1.807) is 0 Å². The minimum atomic E-state index is -0.459. The molecule has 4 heteroatoms. The molecule has 2 bridgehead atoms. The average molecular weight is 348 g/mol. The SMILES string of the molecule is Cc1c(Cl)cccc1C1=CC2CCCC(C1)N2C(=O)OC(C)(C)C. The second-order valence-corrected chi connectivity index (χ2v) is 8.26. The zero-order valence-corrected chi connectivity index (χ0v) is 15.7. The lowest BCUT2D eigenvalue weighted by Gasteiger charge is -2.45. The normalized spacial score (nSPS) is 23.7. The Morgan fingerprint density at radius 3 is 2.71 bits per heavy atom. The first-order valence-electron chi connectivity index (χ1n) is 8.74. The lowest BCUT2D eigenvalue weighted by atomic mass is 9.82. The van der Waals surface area contributed by atoms with Crippen LogP contribution in [0.25, 0.3) is 5.57 Å². The fourth-order valence-corrected chi connectivity index (χ4v) is 3.96. The predicted molar refractivity (Wildman–Crippen MR) is 98.3 cm³/mol. The minimum Gasteiger partial charge on any atom is -0.444 e. The van der Waals surface area contributed by atoms with Crippen LogP contribution in [0.4, 0.5) is 4.79 Å². The molecule has 2 atom stereocenters. The highest BCUT2D eigenvalue weighted by molar-refractivity contribution is 6.31. The van der Waals surface area contributed by atoms with Crippen LogP contribution in [-0.2, 0) is 4.74 Å². The summed E-state index contributed by atoms with van der Waals surface area (Å²) in [6, 6.07) is 6.41. The largest absolute Gasteiger partial charge is 0.444 e. The van der Waals surface area contributed by atoms with Crippen LogP contribution in [0.2, 0.25) is 5.02 Å². The van der Waals surface area contributed by atoms with Gasteiger partial charge in [0, 0.05) is 11.1 Å². The number of ether oxygens (including phenoxy) is 1. The Labute approximate surface area is 149 Å². The summed E-state index contributed by atoms with van der Waals surface area (Å²) in [5.41, 5.74) is 3.18. The molecule has 0 spiro atoms. The number of piperidine rings is 1. The molecular weight excluding hydrogens is 322 g/mol. The number of carbonyl (C=O) groups excluding carboxylic acids is 1. The number of benzene rings is 1. The number of hydrogen-bond acceptors (Lipinski definition) is 2. The van der Waals surface area contributed by atoms with Crippen LogP contribution in [0.1, 0.15) is 57.6 Å². The van der Waals surface area contributed by atoms with Crippen LogP contribution in [0.5, 0.6) is 0 Å². The van der Waals surface area contributed by atoms with Crippen molar-refractivity contribution in [1.82, 2.24) is 4.90 Å². The van der Waals surface area contributed by atoms with Gasteiger partial charge in [0.15, 0.2) is 0 Å². The van der Waals surface area contributed by atoms with Crippen molar-refractivity contribution < 1.29 is 9.53 Å². The molecule has 0 saturated carbocycles. The molecule has 1 saturated heterocycles. The number of halogens is 1. The van der Waals surface area contributed by atoms with Crippen molar-refractivity contribution in [2.75, 3.05) is 0 Å². The highest BCUT2D eigenvalue weighted by Crippen LogP contribution is 2.39. The molecule has 3 rings (SSSR count). The van der Waals surface area contributed by atoms with Crippen LogP contribution >= 0.6 is 11.6 Å². The van der Waals surface area contributed by atoms with E-state index in [1.165, 1.54) is 11.1 Å².